The van der Waals surface area contributed by atoms with E-state index in [0.717, 1.165) is 50.4 Å². The lowest BCUT2D eigenvalue weighted by molar-refractivity contribution is 0.108. The van der Waals surface area contributed by atoms with Crippen LogP contribution in [0.4, 0.5) is 0 Å². The van der Waals surface area contributed by atoms with E-state index in [4.69, 9.17) is 17.0 Å². The van der Waals surface area contributed by atoms with Crippen LogP contribution in [0.3, 0.4) is 0 Å². The van der Waals surface area contributed by atoms with Crippen LogP contribution in [0, 0.1) is 0 Å². The first-order valence-electron chi connectivity index (χ1n) is 7.58. The van der Waals surface area contributed by atoms with Gasteiger partial charge in [0.15, 0.2) is 5.11 Å². The number of ether oxygens (including phenoxy) is 1. The Hall–Kier alpha value is -0.390. The van der Waals surface area contributed by atoms with Crippen molar-refractivity contribution in [3.8, 4) is 0 Å². The summed E-state index contributed by atoms with van der Waals surface area (Å²) >= 11 is 5.54. The Bertz CT molecular complexity index is 300. The number of thiocarbonyl (C=S) groups is 1. The second kappa shape index (κ2) is 7.41. The van der Waals surface area contributed by atoms with E-state index in [1.807, 2.05) is 6.92 Å². The largest absolute Gasteiger partial charge is 0.382 e. The summed E-state index contributed by atoms with van der Waals surface area (Å²) in [5.74, 6) is 0. The van der Waals surface area contributed by atoms with Crippen LogP contribution in [0.15, 0.2) is 0 Å². The fourth-order valence-electron chi connectivity index (χ4n) is 3.09. The molecule has 4 nitrogen and oxygen atoms in total. The summed E-state index contributed by atoms with van der Waals surface area (Å²) in [6.07, 6.45) is 3.70. The van der Waals surface area contributed by atoms with Crippen LogP contribution in [-0.2, 0) is 4.74 Å². The maximum Gasteiger partial charge on any atom is 0.169 e. The number of rotatable bonds is 5. The minimum absolute atomic E-state index is 0.529. The first-order chi connectivity index (χ1) is 9.22. The summed E-state index contributed by atoms with van der Waals surface area (Å²) in [4.78, 5) is 5.00. The number of fused-ring (bicyclic) bond motifs is 1. The van der Waals surface area contributed by atoms with Crippen LogP contribution in [0.25, 0.3) is 0 Å². The summed E-state index contributed by atoms with van der Waals surface area (Å²) in [6, 6.07) is 1.25. The van der Waals surface area contributed by atoms with Crippen molar-refractivity contribution in [2.45, 2.75) is 45.2 Å². The molecular weight excluding hydrogens is 258 g/mol. The van der Waals surface area contributed by atoms with Crippen molar-refractivity contribution in [2.24, 2.45) is 0 Å². The van der Waals surface area contributed by atoms with E-state index in [-0.39, 0.29) is 0 Å². The molecule has 0 amide bonds. The second-order valence-electron chi connectivity index (χ2n) is 5.57. The highest BCUT2D eigenvalue weighted by atomic mass is 32.1. The third kappa shape index (κ3) is 4.04. The van der Waals surface area contributed by atoms with Gasteiger partial charge in [-0.1, -0.05) is 0 Å². The quantitative estimate of drug-likeness (QED) is 0.610. The third-order valence-corrected chi connectivity index (χ3v) is 4.52. The molecule has 0 saturated carbocycles. The van der Waals surface area contributed by atoms with E-state index in [1.165, 1.54) is 19.4 Å². The molecule has 0 aromatic carbocycles. The summed E-state index contributed by atoms with van der Waals surface area (Å²) in [5, 5.41) is 4.31. The average molecular weight is 285 g/mol. The highest BCUT2D eigenvalue weighted by Crippen LogP contribution is 2.24. The molecule has 0 spiro atoms. The molecule has 5 heteroatoms. The van der Waals surface area contributed by atoms with Crippen molar-refractivity contribution < 1.29 is 4.74 Å². The van der Waals surface area contributed by atoms with E-state index in [9.17, 15) is 0 Å². The summed E-state index contributed by atoms with van der Waals surface area (Å²) < 4.78 is 5.34. The number of piperazine rings is 1. The molecule has 110 valence electrons. The highest BCUT2D eigenvalue weighted by Gasteiger charge is 2.35. The summed E-state index contributed by atoms with van der Waals surface area (Å²) in [7, 11) is 0. The minimum Gasteiger partial charge on any atom is -0.382 e. The van der Waals surface area contributed by atoms with Crippen molar-refractivity contribution in [1.29, 1.82) is 0 Å². The van der Waals surface area contributed by atoms with Crippen LogP contribution >= 0.6 is 12.2 Å². The average Bonchev–Trinajstić information content (AvgIpc) is 2.84. The molecule has 2 aliphatic rings. The summed E-state index contributed by atoms with van der Waals surface area (Å²) in [5.41, 5.74) is 0. The predicted molar refractivity (Wildman–Crippen MR) is 82.5 cm³/mol. The molecule has 2 atom stereocenters. The number of nitrogens with one attached hydrogen (secondary N) is 1. The topological polar surface area (TPSA) is 27.7 Å². The molecule has 19 heavy (non-hydrogen) atoms. The Kier molecular flexibility index (Phi) is 5.85. The highest BCUT2D eigenvalue weighted by molar-refractivity contribution is 7.80. The van der Waals surface area contributed by atoms with E-state index in [2.05, 4.69) is 22.0 Å². The normalized spacial score (nSPS) is 27.4. The molecule has 2 heterocycles. The molecule has 0 aromatic rings. The molecule has 2 rings (SSSR count). The van der Waals surface area contributed by atoms with Crippen LogP contribution in [0.2, 0.25) is 0 Å². The zero-order valence-electron chi connectivity index (χ0n) is 12.2. The minimum atomic E-state index is 0.529. The zero-order chi connectivity index (χ0) is 13.7. The van der Waals surface area contributed by atoms with Crippen LogP contribution < -0.4 is 5.32 Å². The molecule has 2 saturated heterocycles. The van der Waals surface area contributed by atoms with E-state index in [0.29, 0.717) is 6.04 Å². The molecule has 2 fully saturated rings. The summed E-state index contributed by atoms with van der Waals surface area (Å²) in [6.45, 7) is 10.4. The molecule has 2 unspecified atom stereocenters. The number of nitrogens with zero attached hydrogens (tertiary/aromatic N) is 2. The van der Waals surface area contributed by atoms with Gasteiger partial charge in [0.1, 0.15) is 0 Å². The smallest absolute Gasteiger partial charge is 0.169 e. The molecule has 0 bridgehead atoms. The maximum atomic E-state index is 5.54. The Morgan fingerprint density at radius 1 is 1.42 bits per heavy atom. The maximum absolute atomic E-state index is 5.54. The molecule has 0 radical (unpaired) electrons. The van der Waals surface area contributed by atoms with E-state index in [1.54, 1.807) is 0 Å². The predicted octanol–water partition coefficient (Wildman–Crippen LogP) is 1.46. The van der Waals surface area contributed by atoms with Gasteiger partial charge in [0, 0.05) is 44.9 Å². The molecule has 1 N–H and O–H groups in total. The molecular formula is C14H27N3OS. The van der Waals surface area contributed by atoms with Crippen molar-refractivity contribution in [3.63, 3.8) is 0 Å². The van der Waals surface area contributed by atoms with Gasteiger partial charge < -0.3 is 15.0 Å². The third-order valence-electron chi connectivity index (χ3n) is 4.14. The van der Waals surface area contributed by atoms with Gasteiger partial charge in [-0.2, -0.15) is 0 Å². The van der Waals surface area contributed by atoms with Crippen molar-refractivity contribution in [2.75, 3.05) is 39.4 Å². The Labute approximate surface area is 122 Å². The Morgan fingerprint density at radius 3 is 3.05 bits per heavy atom. The molecule has 0 aromatic heterocycles. The second-order valence-corrected chi connectivity index (χ2v) is 5.96. The lowest BCUT2D eigenvalue weighted by Gasteiger charge is -2.43. The van der Waals surface area contributed by atoms with Crippen molar-refractivity contribution in [1.82, 2.24) is 15.1 Å². The zero-order valence-corrected chi connectivity index (χ0v) is 13.0. The monoisotopic (exact) mass is 285 g/mol. The first kappa shape index (κ1) is 15.0. The number of hydrogen-bond acceptors (Lipinski definition) is 3. The van der Waals surface area contributed by atoms with Gasteiger partial charge >= 0.3 is 0 Å². The SMILES string of the molecule is CCOCCCNC(=S)N1CC2CCCN2CC1C. The van der Waals surface area contributed by atoms with Crippen LogP contribution in [0.5, 0.6) is 0 Å². The fraction of sp³-hybridized carbons (Fsp3) is 0.929. The van der Waals surface area contributed by atoms with E-state index < -0.39 is 0 Å². The van der Waals surface area contributed by atoms with Gasteiger partial charge in [0.25, 0.3) is 0 Å². The fourth-order valence-corrected chi connectivity index (χ4v) is 3.44. The van der Waals surface area contributed by atoms with Gasteiger partial charge in [-0.25, -0.2) is 0 Å². The van der Waals surface area contributed by atoms with Gasteiger partial charge in [0.05, 0.1) is 0 Å². The van der Waals surface area contributed by atoms with Gasteiger partial charge in [0.2, 0.25) is 0 Å². The Balaban J connectivity index is 1.72. The first-order valence-corrected chi connectivity index (χ1v) is 7.99. The van der Waals surface area contributed by atoms with Gasteiger partial charge in [-0.05, 0) is 51.9 Å². The van der Waals surface area contributed by atoms with Gasteiger partial charge in [-0.3, -0.25) is 4.90 Å². The van der Waals surface area contributed by atoms with Crippen LogP contribution in [0.1, 0.15) is 33.1 Å². The van der Waals surface area contributed by atoms with Crippen molar-refractivity contribution in [3.05, 3.63) is 0 Å². The lowest BCUT2D eigenvalue weighted by atomic mass is 10.1. The standard InChI is InChI=1S/C14H27N3OS/c1-3-18-9-5-7-15-14(19)17-11-13-6-4-8-16(13)10-12(17)2/h12-13H,3-11H2,1-2H3,(H,15,19). The van der Waals surface area contributed by atoms with Crippen molar-refractivity contribution >= 4 is 17.3 Å². The lowest BCUT2D eigenvalue weighted by Crippen LogP contribution is -2.58. The van der Waals surface area contributed by atoms with E-state index >= 15 is 0 Å². The molecule has 0 aliphatic carbocycles. The van der Waals surface area contributed by atoms with Crippen LogP contribution in [-0.4, -0.2) is 66.4 Å². The molecule has 2 aliphatic heterocycles. The number of hydrogen-bond donors (Lipinski definition) is 1. The Morgan fingerprint density at radius 2 is 2.26 bits per heavy atom. The van der Waals surface area contributed by atoms with Gasteiger partial charge in [-0.15, -0.1) is 0 Å².